The average Bonchev–Trinajstić information content (AvgIpc) is 2.71. The topological polar surface area (TPSA) is 21.7 Å². The number of halogens is 1. The Balaban J connectivity index is 0.00000161. The van der Waals surface area contributed by atoms with Crippen molar-refractivity contribution in [2.24, 2.45) is 10.8 Å². The largest absolute Gasteiger partial charge is 1.00 e. The first-order chi connectivity index (χ1) is 9.53. The Bertz CT molecular complexity index is 383. The first-order valence-corrected chi connectivity index (χ1v) is 7.96. The third-order valence-electron chi connectivity index (χ3n) is 5.51. The Morgan fingerprint density at radius 3 is 2.05 bits per heavy atom. The lowest BCUT2D eigenvalue weighted by atomic mass is 9.82. The van der Waals surface area contributed by atoms with Crippen LogP contribution in [0.1, 0.15) is 26.7 Å². The van der Waals surface area contributed by atoms with Crippen molar-refractivity contribution in [3.8, 4) is 0 Å². The van der Waals surface area contributed by atoms with Crippen LogP contribution >= 0.6 is 0 Å². The molecule has 5 heteroatoms. The van der Waals surface area contributed by atoms with Gasteiger partial charge in [-0.2, -0.15) is 0 Å². The minimum atomic E-state index is 0. The fraction of sp³-hybridized carbons (Fsp3) is 0.875. The molecular weight excluding hydrogens is 288 g/mol. The smallest absolute Gasteiger partial charge is 0.158 e. The zero-order chi connectivity index (χ0) is 14.3. The monoisotopic (exact) mass is 316 g/mol. The van der Waals surface area contributed by atoms with E-state index in [1.54, 1.807) is 0 Å². The van der Waals surface area contributed by atoms with Crippen LogP contribution in [0.3, 0.4) is 0 Å². The third kappa shape index (κ3) is 3.24. The van der Waals surface area contributed by atoms with Crippen molar-refractivity contribution in [3.63, 3.8) is 0 Å². The maximum absolute atomic E-state index is 5.47. The summed E-state index contributed by atoms with van der Waals surface area (Å²) in [6.45, 7) is 11.8. The Kier molecular flexibility index (Phi) is 4.94. The van der Waals surface area contributed by atoms with Gasteiger partial charge in [-0.05, 0) is 12.8 Å². The fourth-order valence-corrected chi connectivity index (χ4v) is 3.76. The van der Waals surface area contributed by atoms with E-state index in [2.05, 4.69) is 38.2 Å². The first kappa shape index (κ1) is 17.1. The van der Waals surface area contributed by atoms with Crippen molar-refractivity contribution < 1.29 is 26.4 Å². The summed E-state index contributed by atoms with van der Waals surface area (Å²) in [6.07, 6.45) is 7.12. The van der Waals surface area contributed by atoms with Crippen molar-refractivity contribution in [2.75, 3.05) is 53.2 Å². The van der Waals surface area contributed by atoms with E-state index in [0.717, 1.165) is 44.1 Å². The normalized spacial score (nSPS) is 32.2. The van der Waals surface area contributed by atoms with Gasteiger partial charge in [0.25, 0.3) is 0 Å². The minimum Gasteiger partial charge on any atom is -1.00 e. The van der Waals surface area contributed by atoms with Crippen LogP contribution in [0, 0.1) is 10.8 Å². The Morgan fingerprint density at radius 2 is 1.62 bits per heavy atom. The van der Waals surface area contributed by atoms with Gasteiger partial charge in [0.1, 0.15) is 6.20 Å². The number of rotatable bonds is 6. The molecule has 1 atom stereocenters. The predicted molar refractivity (Wildman–Crippen MR) is 78.9 cm³/mol. The van der Waals surface area contributed by atoms with Gasteiger partial charge in [0.2, 0.25) is 0 Å². The summed E-state index contributed by atoms with van der Waals surface area (Å²) < 4.78 is 11.9. The Hall–Kier alpha value is -0.290. The highest BCUT2D eigenvalue weighted by atomic mass is 35.5. The van der Waals surface area contributed by atoms with Crippen LogP contribution in [0.5, 0.6) is 0 Å². The zero-order valence-corrected chi connectivity index (χ0v) is 14.4. The molecule has 0 bridgehead atoms. The molecule has 0 amide bonds. The van der Waals surface area contributed by atoms with Crippen molar-refractivity contribution in [2.45, 2.75) is 26.7 Å². The summed E-state index contributed by atoms with van der Waals surface area (Å²) in [4.78, 5) is 2.49. The van der Waals surface area contributed by atoms with Crippen molar-refractivity contribution in [3.05, 3.63) is 12.4 Å². The summed E-state index contributed by atoms with van der Waals surface area (Å²) in [6, 6.07) is 0. The second kappa shape index (κ2) is 6.07. The molecule has 0 N–H and O–H groups in total. The van der Waals surface area contributed by atoms with E-state index in [4.69, 9.17) is 9.47 Å². The fourth-order valence-electron chi connectivity index (χ4n) is 3.76. The molecule has 2 saturated heterocycles. The quantitative estimate of drug-likeness (QED) is 0.589. The highest BCUT2D eigenvalue weighted by molar-refractivity contribution is 4.93. The molecule has 0 aromatic carbocycles. The van der Waals surface area contributed by atoms with Crippen LogP contribution < -0.4 is 12.4 Å². The molecule has 0 radical (unpaired) electrons. The van der Waals surface area contributed by atoms with Crippen LogP contribution in [0.4, 0.5) is 0 Å². The molecule has 0 aromatic rings. The van der Waals surface area contributed by atoms with Gasteiger partial charge in [-0.3, -0.25) is 4.48 Å². The number of nitrogens with zero attached hydrogens (tertiary/aromatic N) is 2. The molecule has 3 aliphatic heterocycles. The second-order valence-corrected chi connectivity index (χ2v) is 7.52. The van der Waals surface area contributed by atoms with Crippen molar-refractivity contribution >= 4 is 0 Å². The summed E-state index contributed by atoms with van der Waals surface area (Å²) >= 11 is 0. The number of hydrogen-bond donors (Lipinski definition) is 0. The van der Waals surface area contributed by atoms with Crippen LogP contribution in [0.25, 0.3) is 0 Å². The van der Waals surface area contributed by atoms with Crippen molar-refractivity contribution in [1.29, 1.82) is 0 Å². The summed E-state index contributed by atoms with van der Waals surface area (Å²) in [5.74, 6) is 0. The first-order valence-electron chi connectivity index (χ1n) is 7.96. The molecule has 21 heavy (non-hydrogen) atoms. The van der Waals surface area contributed by atoms with E-state index in [1.807, 2.05) is 0 Å². The maximum atomic E-state index is 5.47. The number of quaternary nitrogens is 1. The minimum absolute atomic E-state index is 0. The van der Waals surface area contributed by atoms with Crippen LogP contribution in [0.2, 0.25) is 0 Å². The van der Waals surface area contributed by atoms with E-state index >= 15 is 0 Å². The zero-order valence-electron chi connectivity index (χ0n) is 13.6. The maximum Gasteiger partial charge on any atom is 0.158 e. The molecule has 0 aromatic heterocycles. The van der Waals surface area contributed by atoms with E-state index in [1.165, 1.54) is 19.4 Å². The summed E-state index contributed by atoms with van der Waals surface area (Å²) in [5, 5.41) is 0. The highest BCUT2D eigenvalue weighted by Gasteiger charge is 2.46. The van der Waals surface area contributed by atoms with Gasteiger partial charge in [-0.1, -0.05) is 13.8 Å². The Labute approximate surface area is 135 Å². The van der Waals surface area contributed by atoms with Crippen LogP contribution in [-0.4, -0.2) is 62.6 Å². The molecule has 3 aliphatic rings. The Morgan fingerprint density at radius 1 is 1.05 bits per heavy atom. The molecule has 3 heterocycles. The summed E-state index contributed by atoms with van der Waals surface area (Å²) in [7, 11) is 2.35. The lowest BCUT2D eigenvalue weighted by Crippen LogP contribution is -3.00. The van der Waals surface area contributed by atoms with Gasteiger partial charge in [-0.15, -0.1) is 0 Å². The standard InChI is InChI=1S/C16H29N2O2.ClH/c1-4-15(10-19-11-15)8-17-6-7-18(3,14-17)9-16(5-2)12-20-13-16;/h6-7H,4-5,8-14H2,1-3H3;1H/q+1;/p-1. The molecule has 1 unspecified atom stereocenters. The number of ether oxygens (including phenoxy) is 2. The van der Waals surface area contributed by atoms with E-state index in [-0.39, 0.29) is 12.4 Å². The molecule has 4 nitrogen and oxygen atoms in total. The molecule has 3 rings (SSSR count). The molecule has 2 fully saturated rings. The van der Waals surface area contributed by atoms with E-state index in [0.29, 0.717) is 10.8 Å². The van der Waals surface area contributed by atoms with Crippen LogP contribution in [-0.2, 0) is 9.47 Å². The van der Waals surface area contributed by atoms with Gasteiger partial charge in [0.05, 0.1) is 51.6 Å². The summed E-state index contributed by atoms with van der Waals surface area (Å²) in [5.41, 5.74) is 0.818. The van der Waals surface area contributed by atoms with E-state index < -0.39 is 0 Å². The average molecular weight is 317 g/mol. The lowest BCUT2D eigenvalue weighted by molar-refractivity contribution is -0.870. The molecule has 0 aliphatic carbocycles. The van der Waals surface area contributed by atoms with Gasteiger partial charge < -0.3 is 26.8 Å². The number of hydrogen-bond acceptors (Lipinski definition) is 3. The molecule has 122 valence electrons. The van der Waals surface area contributed by atoms with Crippen LogP contribution in [0.15, 0.2) is 12.4 Å². The SMILES string of the molecule is CCC1(CN2C=C[N+](C)(CC3(CC)COC3)C2)COC1.[Cl-]. The van der Waals surface area contributed by atoms with Gasteiger partial charge in [0, 0.05) is 12.0 Å². The highest BCUT2D eigenvalue weighted by Crippen LogP contribution is 2.37. The molecular formula is C16H29ClN2O2. The molecule has 0 saturated carbocycles. The van der Waals surface area contributed by atoms with Gasteiger partial charge in [-0.25, -0.2) is 0 Å². The van der Waals surface area contributed by atoms with Gasteiger partial charge in [0.15, 0.2) is 6.67 Å². The van der Waals surface area contributed by atoms with E-state index in [9.17, 15) is 0 Å². The second-order valence-electron chi connectivity index (χ2n) is 7.52. The lowest BCUT2D eigenvalue weighted by Gasteiger charge is -2.46. The molecule has 0 spiro atoms. The predicted octanol–water partition coefficient (Wildman–Crippen LogP) is -0.965. The third-order valence-corrected chi connectivity index (χ3v) is 5.51. The van der Waals surface area contributed by atoms with Crippen molar-refractivity contribution in [1.82, 2.24) is 4.90 Å². The van der Waals surface area contributed by atoms with Gasteiger partial charge >= 0.3 is 0 Å².